The number of nitrogens with zero attached hydrogens (tertiary/aromatic N) is 1. The van der Waals surface area contributed by atoms with E-state index in [9.17, 15) is 4.79 Å². The number of aromatic nitrogens is 1. The molecule has 0 unspecified atom stereocenters. The van der Waals surface area contributed by atoms with Crippen molar-refractivity contribution >= 4 is 17.4 Å². The van der Waals surface area contributed by atoms with Crippen molar-refractivity contribution in [1.82, 2.24) is 4.98 Å². The third-order valence-corrected chi connectivity index (χ3v) is 4.55. The number of anilines is 2. The Hall–Kier alpha value is -3.34. The molecule has 2 N–H and O–H groups in total. The molecule has 0 spiro atoms. The van der Waals surface area contributed by atoms with Gasteiger partial charge in [0.05, 0.1) is 7.11 Å². The molecule has 0 fully saturated rings. The number of rotatable bonds is 8. The molecule has 0 saturated carbocycles. The molecule has 28 heavy (non-hydrogen) atoms. The largest absolute Gasteiger partial charge is 0.497 e. The van der Waals surface area contributed by atoms with E-state index in [4.69, 9.17) is 4.74 Å². The lowest BCUT2D eigenvalue weighted by molar-refractivity contribution is 0.102. The van der Waals surface area contributed by atoms with Crippen molar-refractivity contribution in [2.24, 2.45) is 0 Å². The Morgan fingerprint density at radius 2 is 1.86 bits per heavy atom. The van der Waals surface area contributed by atoms with Gasteiger partial charge < -0.3 is 15.4 Å². The van der Waals surface area contributed by atoms with E-state index in [2.05, 4.69) is 22.5 Å². The molecule has 1 amide bonds. The van der Waals surface area contributed by atoms with Crippen molar-refractivity contribution in [3.63, 3.8) is 0 Å². The fraction of sp³-hybridized carbons (Fsp3) is 0.217. The number of amides is 1. The number of methoxy groups -OCH3 is 1. The lowest BCUT2D eigenvalue weighted by Crippen LogP contribution is -2.14. The molecule has 5 heteroatoms. The van der Waals surface area contributed by atoms with Gasteiger partial charge in [-0.1, -0.05) is 37.3 Å². The van der Waals surface area contributed by atoms with Gasteiger partial charge in [0.2, 0.25) is 0 Å². The number of hydrogen-bond acceptors (Lipinski definition) is 4. The molecule has 1 heterocycles. The van der Waals surface area contributed by atoms with E-state index in [0.717, 1.165) is 36.4 Å². The minimum atomic E-state index is -0.137. The average Bonchev–Trinajstić information content (AvgIpc) is 2.75. The third kappa shape index (κ3) is 5.10. The molecule has 0 bridgehead atoms. The summed E-state index contributed by atoms with van der Waals surface area (Å²) in [6.07, 6.45) is 3.37. The van der Waals surface area contributed by atoms with E-state index in [1.54, 1.807) is 25.4 Å². The minimum Gasteiger partial charge on any atom is -0.497 e. The molecule has 0 radical (unpaired) electrons. The summed E-state index contributed by atoms with van der Waals surface area (Å²) in [6.45, 7) is 2.80. The topological polar surface area (TPSA) is 63.2 Å². The number of hydrogen-bond donors (Lipinski definition) is 2. The van der Waals surface area contributed by atoms with E-state index in [0.29, 0.717) is 11.4 Å². The molecule has 2 aromatic carbocycles. The zero-order valence-corrected chi connectivity index (χ0v) is 16.2. The summed E-state index contributed by atoms with van der Waals surface area (Å²) in [5.74, 6) is 1.40. The third-order valence-electron chi connectivity index (χ3n) is 4.55. The summed E-state index contributed by atoms with van der Waals surface area (Å²) in [7, 11) is 1.66. The predicted octanol–water partition coefficient (Wildman–Crippen LogP) is 4.56. The van der Waals surface area contributed by atoms with Gasteiger partial charge in [0.1, 0.15) is 11.6 Å². The first-order chi connectivity index (χ1) is 13.7. The van der Waals surface area contributed by atoms with Gasteiger partial charge in [-0.15, -0.1) is 0 Å². The van der Waals surface area contributed by atoms with Gasteiger partial charge in [0, 0.05) is 24.0 Å². The van der Waals surface area contributed by atoms with Gasteiger partial charge in [-0.2, -0.15) is 0 Å². The first kappa shape index (κ1) is 19.4. The number of carbonyl (C=O) groups is 1. The minimum absolute atomic E-state index is 0.137. The normalized spacial score (nSPS) is 10.4. The molecule has 0 saturated heterocycles. The Morgan fingerprint density at radius 3 is 2.61 bits per heavy atom. The molecule has 0 atom stereocenters. The van der Waals surface area contributed by atoms with Gasteiger partial charge in [0.25, 0.3) is 5.91 Å². The Bertz CT molecular complexity index is 923. The quantitative estimate of drug-likeness (QED) is 0.606. The number of nitrogens with one attached hydrogen (secondary N) is 2. The van der Waals surface area contributed by atoms with Crippen LogP contribution in [0.2, 0.25) is 0 Å². The van der Waals surface area contributed by atoms with Crippen LogP contribution in [0.25, 0.3) is 0 Å². The molecule has 0 aliphatic carbocycles. The van der Waals surface area contributed by atoms with Gasteiger partial charge in [-0.3, -0.25) is 4.79 Å². The maximum atomic E-state index is 12.6. The average molecular weight is 375 g/mol. The Morgan fingerprint density at radius 1 is 1.07 bits per heavy atom. The van der Waals surface area contributed by atoms with Gasteiger partial charge in [-0.25, -0.2) is 4.98 Å². The number of aryl methyl sites for hydroxylation is 1. The fourth-order valence-electron chi connectivity index (χ4n) is 2.94. The summed E-state index contributed by atoms with van der Waals surface area (Å²) in [4.78, 5) is 16.9. The second kappa shape index (κ2) is 9.55. The van der Waals surface area contributed by atoms with Crippen LogP contribution in [0.1, 0.15) is 28.4 Å². The second-order valence-electron chi connectivity index (χ2n) is 6.42. The van der Waals surface area contributed by atoms with Crippen molar-refractivity contribution in [3.8, 4) is 5.75 Å². The van der Waals surface area contributed by atoms with Crippen LogP contribution in [-0.2, 0) is 12.8 Å². The monoisotopic (exact) mass is 375 g/mol. The molecule has 0 aliphatic rings. The summed E-state index contributed by atoms with van der Waals surface area (Å²) in [5.41, 5.74) is 3.75. The van der Waals surface area contributed by atoms with Crippen molar-refractivity contribution in [2.75, 3.05) is 24.3 Å². The number of benzene rings is 2. The van der Waals surface area contributed by atoms with Crippen molar-refractivity contribution < 1.29 is 9.53 Å². The lowest BCUT2D eigenvalue weighted by Gasteiger charge is -2.11. The highest BCUT2D eigenvalue weighted by Crippen LogP contribution is 2.17. The first-order valence-electron chi connectivity index (χ1n) is 9.41. The molecule has 3 rings (SSSR count). The lowest BCUT2D eigenvalue weighted by atomic mass is 10.1. The van der Waals surface area contributed by atoms with Crippen LogP contribution in [0.4, 0.5) is 11.5 Å². The van der Waals surface area contributed by atoms with Crippen LogP contribution in [0.15, 0.2) is 66.9 Å². The molecule has 5 nitrogen and oxygen atoms in total. The summed E-state index contributed by atoms with van der Waals surface area (Å²) in [5, 5.41) is 6.27. The molecule has 1 aromatic heterocycles. The highest BCUT2D eigenvalue weighted by Gasteiger charge is 2.09. The van der Waals surface area contributed by atoms with Crippen molar-refractivity contribution in [3.05, 3.63) is 83.6 Å². The maximum absolute atomic E-state index is 12.6. The highest BCUT2D eigenvalue weighted by molar-refractivity contribution is 6.05. The number of ether oxygens (including phenoxy) is 1. The van der Waals surface area contributed by atoms with E-state index in [1.165, 1.54) is 5.56 Å². The molecular weight excluding hydrogens is 350 g/mol. The smallest absolute Gasteiger partial charge is 0.255 e. The van der Waals surface area contributed by atoms with Crippen molar-refractivity contribution in [2.45, 2.75) is 19.8 Å². The summed E-state index contributed by atoms with van der Waals surface area (Å²) in [6, 6.07) is 19.3. The second-order valence-corrected chi connectivity index (χ2v) is 6.42. The van der Waals surface area contributed by atoms with Gasteiger partial charge >= 0.3 is 0 Å². The zero-order valence-electron chi connectivity index (χ0n) is 16.2. The van der Waals surface area contributed by atoms with Crippen LogP contribution in [0, 0.1) is 0 Å². The van der Waals surface area contributed by atoms with E-state index < -0.39 is 0 Å². The molecule has 0 aliphatic heterocycles. The fourth-order valence-corrected chi connectivity index (χ4v) is 2.94. The van der Waals surface area contributed by atoms with Crippen LogP contribution >= 0.6 is 0 Å². The number of carbonyl (C=O) groups excluding carboxylic acids is 1. The molecule has 144 valence electrons. The van der Waals surface area contributed by atoms with Crippen molar-refractivity contribution in [1.29, 1.82) is 0 Å². The van der Waals surface area contributed by atoms with Gasteiger partial charge in [0.15, 0.2) is 0 Å². The standard InChI is InChI=1S/C23H25N3O2/c1-3-18-6-4-5-7-21(18)26-23(27)19-13-15-25-22(16-19)24-14-12-17-8-10-20(28-2)11-9-17/h4-11,13,15-16H,3,12,14H2,1-2H3,(H,24,25)(H,26,27). The van der Waals surface area contributed by atoms with Crippen LogP contribution < -0.4 is 15.4 Å². The predicted molar refractivity (Wildman–Crippen MR) is 113 cm³/mol. The summed E-state index contributed by atoms with van der Waals surface area (Å²) < 4.78 is 5.17. The first-order valence-corrected chi connectivity index (χ1v) is 9.41. The maximum Gasteiger partial charge on any atom is 0.255 e. The van der Waals surface area contributed by atoms with E-state index in [1.807, 2.05) is 48.5 Å². The zero-order chi connectivity index (χ0) is 19.8. The number of para-hydroxylation sites is 1. The van der Waals surface area contributed by atoms with E-state index in [-0.39, 0.29) is 5.91 Å². The summed E-state index contributed by atoms with van der Waals surface area (Å²) >= 11 is 0. The van der Waals surface area contributed by atoms with E-state index >= 15 is 0 Å². The number of pyridine rings is 1. The van der Waals surface area contributed by atoms with Gasteiger partial charge in [-0.05, 0) is 54.3 Å². The highest BCUT2D eigenvalue weighted by atomic mass is 16.5. The van der Waals surface area contributed by atoms with Crippen LogP contribution in [0.5, 0.6) is 5.75 Å². The van der Waals surface area contributed by atoms with Crippen LogP contribution in [0.3, 0.4) is 0 Å². The Kier molecular flexibility index (Phi) is 6.63. The SMILES string of the molecule is CCc1ccccc1NC(=O)c1ccnc(NCCc2ccc(OC)cc2)c1. The molecular formula is C23H25N3O2. The Balaban J connectivity index is 1.59. The molecule has 3 aromatic rings. The van der Waals surface area contributed by atoms with Crippen LogP contribution in [-0.4, -0.2) is 24.5 Å². The Labute approximate surface area is 165 Å².